The van der Waals surface area contributed by atoms with E-state index in [1.807, 2.05) is 11.4 Å². The lowest BCUT2D eigenvalue weighted by molar-refractivity contribution is -0.117. The smallest absolute Gasteiger partial charge is 0.287 e. The lowest BCUT2D eigenvalue weighted by Gasteiger charge is -2.09. The van der Waals surface area contributed by atoms with Crippen LogP contribution in [0, 0.1) is 0 Å². The highest BCUT2D eigenvalue weighted by Gasteiger charge is 2.15. The molecule has 1 heterocycles. The molecule has 4 N–H and O–H groups in total. The molecule has 1 aromatic heterocycles. The lowest BCUT2D eigenvalue weighted by Crippen LogP contribution is -2.32. The van der Waals surface area contributed by atoms with Gasteiger partial charge < -0.3 is 15.5 Å². The highest BCUT2D eigenvalue weighted by molar-refractivity contribution is 9.11. The number of phenolic OH excluding ortho intramolecular Hbond substituents is 2. The van der Waals surface area contributed by atoms with E-state index in [4.69, 9.17) is 0 Å². The third kappa shape index (κ3) is 5.81. The summed E-state index contributed by atoms with van der Waals surface area (Å²) in [5, 5.41) is 28.2. The number of hydrazone groups is 1. The first-order valence-corrected chi connectivity index (χ1v) is 11.2. The summed E-state index contributed by atoms with van der Waals surface area (Å²) in [6.07, 6.45) is 2.76. The van der Waals surface area contributed by atoms with Crippen LogP contribution in [0.1, 0.15) is 20.8 Å². The number of benzene rings is 2. The van der Waals surface area contributed by atoms with Crippen LogP contribution in [0.15, 0.2) is 73.7 Å². The average molecular weight is 565 g/mol. The maximum atomic E-state index is 12.7. The van der Waals surface area contributed by atoms with Gasteiger partial charge in [0.1, 0.15) is 21.7 Å². The van der Waals surface area contributed by atoms with Gasteiger partial charge >= 0.3 is 0 Å². The zero-order valence-electron chi connectivity index (χ0n) is 15.7. The van der Waals surface area contributed by atoms with Crippen molar-refractivity contribution >= 4 is 67.3 Å². The topological polar surface area (TPSA) is 111 Å². The van der Waals surface area contributed by atoms with Crippen LogP contribution in [0.5, 0.6) is 11.5 Å². The Hall–Kier alpha value is -2.95. The van der Waals surface area contributed by atoms with E-state index < -0.39 is 11.8 Å². The number of rotatable bonds is 6. The van der Waals surface area contributed by atoms with Crippen LogP contribution >= 0.6 is 43.2 Å². The first kappa shape index (κ1) is 22.7. The van der Waals surface area contributed by atoms with Crippen molar-refractivity contribution in [1.82, 2.24) is 10.7 Å². The first-order valence-electron chi connectivity index (χ1n) is 8.71. The highest BCUT2D eigenvalue weighted by atomic mass is 79.9. The largest absolute Gasteiger partial charge is 0.506 e. The lowest BCUT2D eigenvalue weighted by atomic mass is 10.2. The van der Waals surface area contributed by atoms with Crippen LogP contribution in [0.25, 0.3) is 6.08 Å². The Morgan fingerprint density at radius 2 is 1.77 bits per heavy atom. The summed E-state index contributed by atoms with van der Waals surface area (Å²) in [7, 11) is 0. The number of nitrogens with zero attached hydrogens (tertiary/aromatic N) is 1. The van der Waals surface area contributed by atoms with Crippen LogP contribution in [-0.2, 0) is 4.79 Å². The molecule has 2 amide bonds. The monoisotopic (exact) mass is 563 g/mol. The molecule has 0 radical (unpaired) electrons. The summed E-state index contributed by atoms with van der Waals surface area (Å²) in [6.45, 7) is 0. The number of amides is 2. The number of phenols is 2. The van der Waals surface area contributed by atoms with Crippen molar-refractivity contribution in [1.29, 1.82) is 0 Å². The van der Waals surface area contributed by atoms with Crippen LogP contribution in [0.2, 0.25) is 0 Å². The maximum Gasteiger partial charge on any atom is 0.287 e. The maximum absolute atomic E-state index is 12.7. The number of carbonyl (C=O) groups is 2. The van der Waals surface area contributed by atoms with Gasteiger partial charge in [0.2, 0.25) is 0 Å². The molecule has 10 heteroatoms. The van der Waals surface area contributed by atoms with Gasteiger partial charge in [-0.25, -0.2) is 5.43 Å². The minimum Gasteiger partial charge on any atom is -0.506 e. The Balaban J connectivity index is 1.79. The third-order valence-electron chi connectivity index (χ3n) is 3.93. The molecule has 0 aliphatic heterocycles. The predicted octanol–water partition coefficient (Wildman–Crippen LogP) is 4.61. The summed E-state index contributed by atoms with van der Waals surface area (Å²) < 4.78 is 0.418. The number of aromatic hydroxyl groups is 2. The number of hydrogen-bond acceptors (Lipinski definition) is 6. The van der Waals surface area contributed by atoms with E-state index in [9.17, 15) is 19.8 Å². The van der Waals surface area contributed by atoms with Crippen molar-refractivity contribution < 1.29 is 19.8 Å². The molecule has 3 aromatic rings. The van der Waals surface area contributed by atoms with Crippen molar-refractivity contribution in [3.05, 3.63) is 84.6 Å². The number of thiophene rings is 1. The molecule has 2 aromatic carbocycles. The van der Waals surface area contributed by atoms with Gasteiger partial charge in [-0.3, -0.25) is 9.59 Å². The SMILES string of the molecule is O=C(N/N=C\c1cc(Br)c(O)c(Br)c1O)/C(=C\c1cccs1)NC(=O)c1ccccc1. The zero-order chi connectivity index (χ0) is 22.4. The van der Waals surface area contributed by atoms with E-state index >= 15 is 0 Å². The summed E-state index contributed by atoms with van der Waals surface area (Å²) in [5.41, 5.74) is 2.98. The molecule has 0 spiro atoms. The minimum absolute atomic E-state index is 0.00532. The van der Waals surface area contributed by atoms with Gasteiger partial charge in [0.05, 0.1) is 10.7 Å². The number of carbonyl (C=O) groups excluding carboxylic acids is 2. The molecule has 0 unspecified atom stereocenters. The fourth-order valence-corrected chi connectivity index (χ4v) is 4.20. The number of nitrogens with one attached hydrogen (secondary N) is 2. The Bertz CT molecular complexity index is 1160. The Morgan fingerprint density at radius 1 is 1.03 bits per heavy atom. The van der Waals surface area contributed by atoms with Crippen molar-refractivity contribution in [2.45, 2.75) is 0 Å². The summed E-state index contributed by atoms with van der Waals surface area (Å²) in [6, 6.07) is 13.6. The van der Waals surface area contributed by atoms with Crippen LogP contribution in [-0.4, -0.2) is 28.2 Å². The van der Waals surface area contributed by atoms with Crippen LogP contribution in [0.3, 0.4) is 0 Å². The molecule has 0 saturated carbocycles. The fourth-order valence-electron chi connectivity index (χ4n) is 2.39. The molecule has 0 aliphatic rings. The van der Waals surface area contributed by atoms with Gasteiger partial charge in [0.25, 0.3) is 11.8 Å². The molecule has 0 fully saturated rings. The minimum atomic E-state index is -0.648. The summed E-state index contributed by atoms with van der Waals surface area (Å²) in [4.78, 5) is 25.9. The molecular weight excluding hydrogens is 550 g/mol. The van der Waals surface area contributed by atoms with Crippen molar-refractivity contribution in [3.8, 4) is 11.5 Å². The molecule has 158 valence electrons. The quantitative estimate of drug-likeness (QED) is 0.199. The Labute approximate surface area is 198 Å². The van der Waals surface area contributed by atoms with Crippen molar-refractivity contribution in [2.24, 2.45) is 5.10 Å². The molecule has 0 bridgehead atoms. The number of hydrogen-bond donors (Lipinski definition) is 4. The molecule has 7 nitrogen and oxygen atoms in total. The zero-order valence-corrected chi connectivity index (χ0v) is 19.7. The second-order valence-electron chi connectivity index (χ2n) is 6.05. The first-order chi connectivity index (χ1) is 14.9. The van der Waals surface area contributed by atoms with E-state index in [-0.39, 0.29) is 27.2 Å². The summed E-state index contributed by atoms with van der Waals surface area (Å²) in [5.74, 6) is -1.49. The van der Waals surface area contributed by atoms with E-state index in [0.717, 1.165) is 4.88 Å². The van der Waals surface area contributed by atoms with Gasteiger partial charge in [-0.1, -0.05) is 24.3 Å². The third-order valence-corrected chi connectivity index (χ3v) is 6.10. The summed E-state index contributed by atoms with van der Waals surface area (Å²) >= 11 is 7.64. The van der Waals surface area contributed by atoms with Crippen molar-refractivity contribution in [2.75, 3.05) is 0 Å². The molecule has 0 atom stereocenters. The van der Waals surface area contributed by atoms with Gasteiger partial charge in [0.15, 0.2) is 0 Å². The molecule has 31 heavy (non-hydrogen) atoms. The van der Waals surface area contributed by atoms with Crippen molar-refractivity contribution in [3.63, 3.8) is 0 Å². The second kappa shape index (κ2) is 10.4. The van der Waals surface area contributed by atoms with Gasteiger partial charge in [-0.2, -0.15) is 5.10 Å². The average Bonchev–Trinajstić information content (AvgIpc) is 3.29. The predicted molar refractivity (Wildman–Crippen MR) is 127 cm³/mol. The highest BCUT2D eigenvalue weighted by Crippen LogP contribution is 2.40. The fraction of sp³-hybridized carbons (Fsp3) is 0. The standard InChI is InChI=1S/C21H15Br2N3O4S/c22-15-9-13(18(27)17(23)19(15)28)11-24-26-21(30)16(10-14-7-4-8-31-14)25-20(29)12-5-2-1-3-6-12/h1-11,27-28H,(H,25,29)(H,26,30)/b16-10+,24-11-. The Morgan fingerprint density at radius 3 is 2.45 bits per heavy atom. The van der Waals surface area contributed by atoms with Gasteiger partial charge in [-0.15, -0.1) is 11.3 Å². The van der Waals surface area contributed by atoms with E-state index in [1.165, 1.54) is 23.6 Å². The normalized spacial score (nSPS) is 11.5. The van der Waals surface area contributed by atoms with Gasteiger partial charge in [0, 0.05) is 16.0 Å². The molecule has 3 rings (SSSR count). The van der Waals surface area contributed by atoms with E-state index in [1.54, 1.807) is 42.5 Å². The molecular formula is C21H15Br2N3O4S. The molecule has 0 saturated heterocycles. The van der Waals surface area contributed by atoms with E-state index in [2.05, 4.69) is 47.7 Å². The number of halogens is 2. The Kier molecular flexibility index (Phi) is 7.61. The molecule has 0 aliphatic carbocycles. The van der Waals surface area contributed by atoms with Crippen LogP contribution in [0.4, 0.5) is 0 Å². The van der Waals surface area contributed by atoms with E-state index in [0.29, 0.717) is 10.0 Å². The van der Waals surface area contributed by atoms with Crippen LogP contribution < -0.4 is 10.7 Å². The second-order valence-corrected chi connectivity index (χ2v) is 8.68. The van der Waals surface area contributed by atoms with Gasteiger partial charge in [-0.05, 0) is 67.6 Å².